The van der Waals surface area contributed by atoms with E-state index in [0.717, 1.165) is 13.1 Å². The number of nitrogens with one attached hydrogen (secondary N) is 1. The summed E-state index contributed by atoms with van der Waals surface area (Å²) < 4.78 is 0. The second-order valence-electron chi connectivity index (χ2n) is 4.45. The molecule has 2 unspecified atom stereocenters. The van der Waals surface area contributed by atoms with Crippen molar-refractivity contribution in [2.24, 2.45) is 5.73 Å². The van der Waals surface area contributed by atoms with E-state index in [2.05, 4.69) is 29.4 Å². The van der Waals surface area contributed by atoms with E-state index >= 15 is 0 Å². The molecule has 0 aliphatic carbocycles. The first kappa shape index (κ1) is 13.2. The normalized spacial score (nSPS) is 14.3. The zero-order valence-corrected chi connectivity index (χ0v) is 11.4. The first-order valence-corrected chi connectivity index (χ1v) is 7.06. The molecule has 2 rings (SSSR count). The lowest BCUT2D eigenvalue weighted by molar-refractivity contribution is 0.561. The van der Waals surface area contributed by atoms with Gasteiger partial charge in [0, 0.05) is 36.6 Å². The van der Waals surface area contributed by atoms with Crippen LogP contribution in [0.3, 0.4) is 0 Å². The quantitative estimate of drug-likeness (QED) is 0.840. The number of aromatic nitrogens is 1. The van der Waals surface area contributed by atoms with E-state index in [1.165, 1.54) is 10.6 Å². The number of hydrogen-bond donors (Lipinski definition) is 2. The summed E-state index contributed by atoms with van der Waals surface area (Å²) in [5.74, 6) is 0.438. The molecule has 0 aliphatic heterocycles. The van der Waals surface area contributed by atoms with Crippen molar-refractivity contribution in [1.82, 2.24) is 10.3 Å². The molecule has 0 amide bonds. The highest BCUT2D eigenvalue weighted by molar-refractivity contribution is 7.09. The molecule has 0 fully saturated rings. The number of nitrogens with two attached hydrogens (primary N) is 1. The van der Waals surface area contributed by atoms with Crippen molar-refractivity contribution in [2.45, 2.75) is 18.9 Å². The van der Waals surface area contributed by atoms with Gasteiger partial charge in [0.15, 0.2) is 0 Å². The summed E-state index contributed by atoms with van der Waals surface area (Å²) in [4.78, 5) is 4.32. The Balaban J connectivity index is 1.76. The van der Waals surface area contributed by atoms with Crippen LogP contribution in [0.15, 0.2) is 41.9 Å². The lowest BCUT2D eigenvalue weighted by Crippen LogP contribution is -2.29. The average molecular weight is 261 g/mol. The van der Waals surface area contributed by atoms with Gasteiger partial charge >= 0.3 is 0 Å². The number of thiazole rings is 1. The molecule has 0 aliphatic rings. The molecule has 4 heteroatoms. The number of rotatable bonds is 6. The Bertz CT molecular complexity index is 441. The Labute approximate surface area is 112 Å². The van der Waals surface area contributed by atoms with Gasteiger partial charge in [-0.3, -0.25) is 0 Å². The van der Waals surface area contributed by atoms with Crippen LogP contribution in [0.5, 0.6) is 0 Å². The fraction of sp³-hybridized carbons (Fsp3) is 0.357. The SMILES string of the molecule is CC(CNCC(N)c1ccccc1)c1nccs1. The van der Waals surface area contributed by atoms with Crippen LogP contribution in [0.25, 0.3) is 0 Å². The molecule has 2 aromatic rings. The largest absolute Gasteiger partial charge is 0.323 e. The number of nitrogens with zero attached hydrogens (tertiary/aromatic N) is 1. The third kappa shape index (κ3) is 3.63. The van der Waals surface area contributed by atoms with Gasteiger partial charge in [-0.05, 0) is 5.56 Å². The fourth-order valence-corrected chi connectivity index (χ4v) is 2.54. The molecule has 2 atom stereocenters. The zero-order chi connectivity index (χ0) is 12.8. The highest BCUT2D eigenvalue weighted by Crippen LogP contribution is 2.16. The van der Waals surface area contributed by atoms with Gasteiger partial charge in [-0.2, -0.15) is 0 Å². The van der Waals surface area contributed by atoms with Gasteiger partial charge in [-0.25, -0.2) is 4.98 Å². The minimum Gasteiger partial charge on any atom is -0.323 e. The van der Waals surface area contributed by atoms with Crippen molar-refractivity contribution >= 4 is 11.3 Å². The maximum Gasteiger partial charge on any atom is 0.0965 e. The lowest BCUT2D eigenvalue weighted by Gasteiger charge is -2.15. The minimum absolute atomic E-state index is 0.0506. The van der Waals surface area contributed by atoms with Crippen molar-refractivity contribution in [1.29, 1.82) is 0 Å². The lowest BCUT2D eigenvalue weighted by atomic mass is 10.1. The van der Waals surface area contributed by atoms with Gasteiger partial charge in [0.25, 0.3) is 0 Å². The van der Waals surface area contributed by atoms with E-state index in [-0.39, 0.29) is 6.04 Å². The van der Waals surface area contributed by atoms with Crippen molar-refractivity contribution in [3.63, 3.8) is 0 Å². The highest BCUT2D eigenvalue weighted by Gasteiger charge is 2.09. The molecule has 0 radical (unpaired) electrons. The van der Waals surface area contributed by atoms with Crippen LogP contribution in [0.1, 0.15) is 29.5 Å². The first-order chi connectivity index (χ1) is 8.77. The molecule has 0 saturated carbocycles. The number of hydrogen-bond acceptors (Lipinski definition) is 4. The molecule has 3 nitrogen and oxygen atoms in total. The van der Waals surface area contributed by atoms with Crippen molar-refractivity contribution in [3.05, 3.63) is 52.5 Å². The van der Waals surface area contributed by atoms with Crippen LogP contribution >= 0.6 is 11.3 Å². The Morgan fingerprint density at radius 2 is 2.06 bits per heavy atom. The van der Waals surface area contributed by atoms with Crippen LogP contribution < -0.4 is 11.1 Å². The summed E-state index contributed by atoms with van der Waals surface area (Å²) >= 11 is 1.70. The molecule has 1 aromatic heterocycles. The van der Waals surface area contributed by atoms with Gasteiger partial charge in [0.1, 0.15) is 0 Å². The first-order valence-electron chi connectivity index (χ1n) is 6.18. The maximum absolute atomic E-state index is 6.12. The molecule has 3 N–H and O–H groups in total. The molecule has 0 spiro atoms. The topological polar surface area (TPSA) is 50.9 Å². The summed E-state index contributed by atoms with van der Waals surface area (Å²) in [5.41, 5.74) is 7.30. The maximum atomic E-state index is 6.12. The van der Waals surface area contributed by atoms with Gasteiger partial charge in [0.2, 0.25) is 0 Å². The van der Waals surface area contributed by atoms with Crippen LogP contribution in [0.4, 0.5) is 0 Å². The smallest absolute Gasteiger partial charge is 0.0965 e. The summed E-state index contributed by atoms with van der Waals surface area (Å²) in [5, 5.41) is 6.61. The van der Waals surface area contributed by atoms with Gasteiger partial charge in [-0.15, -0.1) is 11.3 Å². The van der Waals surface area contributed by atoms with Crippen LogP contribution in [-0.2, 0) is 0 Å². The van der Waals surface area contributed by atoms with Gasteiger partial charge in [-0.1, -0.05) is 37.3 Å². The Kier molecular flexibility index (Phi) is 4.87. The number of benzene rings is 1. The van der Waals surface area contributed by atoms with E-state index in [0.29, 0.717) is 5.92 Å². The van der Waals surface area contributed by atoms with Crippen molar-refractivity contribution < 1.29 is 0 Å². The van der Waals surface area contributed by atoms with Crippen LogP contribution in [0.2, 0.25) is 0 Å². The minimum atomic E-state index is 0.0506. The molecule has 0 bridgehead atoms. The molecular weight excluding hydrogens is 242 g/mol. The summed E-state index contributed by atoms with van der Waals surface area (Å²) in [6.45, 7) is 3.88. The molecule has 96 valence electrons. The Morgan fingerprint density at radius 3 is 2.72 bits per heavy atom. The average Bonchev–Trinajstić information content (AvgIpc) is 2.93. The molecular formula is C14H19N3S. The predicted molar refractivity (Wildman–Crippen MR) is 76.8 cm³/mol. The molecule has 0 saturated heterocycles. The third-order valence-electron chi connectivity index (χ3n) is 2.92. The second-order valence-corrected chi connectivity index (χ2v) is 5.37. The summed E-state index contributed by atoms with van der Waals surface area (Å²) in [6, 6.07) is 10.2. The van der Waals surface area contributed by atoms with Gasteiger partial charge < -0.3 is 11.1 Å². The second kappa shape index (κ2) is 6.64. The van der Waals surface area contributed by atoms with E-state index in [1.54, 1.807) is 11.3 Å². The predicted octanol–water partition coefficient (Wildman–Crippen LogP) is 2.54. The fourth-order valence-electron chi connectivity index (χ4n) is 1.84. The van der Waals surface area contributed by atoms with E-state index in [1.807, 2.05) is 29.8 Å². The van der Waals surface area contributed by atoms with E-state index in [4.69, 9.17) is 5.73 Å². The monoisotopic (exact) mass is 261 g/mol. The zero-order valence-electron chi connectivity index (χ0n) is 10.5. The van der Waals surface area contributed by atoms with Crippen molar-refractivity contribution in [3.8, 4) is 0 Å². The Morgan fingerprint density at radius 1 is 1.28 bits per heavy atom. The third-order valence-corrected chi connectivity index (χ3v) is 3.92. The highest BCUT2D eigenvalue weighted by atomic mass is 32.1. The molecule has 1 aromatic carbocycles. The van der Waals surface area contributed by atoms with E-state index in [9.17, 15) is 0 Å². The standard InChI is InChI=1S/C14H19N3S/c1-11(14-17-7-8-18-14)9-16-10-13(15)12-5-3-2-4-6-12/h2-8,11,13,16H,9-10,15H2,1H3. The van der Waals surface area contributed by atoms with E-state index < -0.39 is 0 Å². The Hall–Kier alpha value is -1.23. The van der Waals surface area contributed by atoms with Crippen LogP contribution in [0, 0.1) is 0 Å². The van der Waals surface area contributed by atoms with Gasteiger partial charge in [0.05, 0.1) is 5.01 Å². The summed E-state index contributed by atoms with van der Waals surface area (Å²) in [6.07, 6.45) is 1.85. The van der Waals surface area contributed by atoms with Crippen LogP contribution in [-0.4, -0.2) is 18.1 Å². The van der Waals surface area contributed by atoms with Crippen molar-refractivity contribution in [2.75, 3.05) is 13.1 Å². The summed E-state index contributed by atoms with van der Waals surface area (Å²) in [7, 11) is 0. The molecule has 1 heterocycles. The molecule has 18 heavy (non-hydrogen) atoms.